The Kier molecular flexibility index (Phi) is 8.25. The predicted molar refractivity (Wildman–Crippen MR) is 143 cm³/mol. The van der Waals surface area contributed by atoms with E-state index in [4.69, 9.17) is 9.78 Å². The first kappa shape index (κ1) is 24.9. The van der Waals surface area contributed by atoms with Gasteiger partial charge in [-0.1, -0.05) is 114 Å². The summed E-state index contributed by atoms with van der Waals surface area (Å²) < 4.78 is 0. The van der Waals surface area contributed by atoms with E-state index in [-0.39, 0.29) is 11.2 Å². The molecule has 0 saturated carbocycles. The summed E-state index contributed by atoms with van der Waals surface area (Å²) in [6.07, 6.45) is 0. The van der Waals surface area contributed by atoms with Crippen molar-refractivity contribution in [2.45, 2.75) is 52.7 Å². The lowest BCUT2D eigenvalue weighted by molar-refractivity contribution is -0.393. The molecule has 2 nitrogen and oxygen atoms in total. The summed E-state index contributed by atoms with van der Waals surface area (Å²) in [5.74, 6) is 0. The van der Waals surface area contributed by atoms with E-state index in [1.165, 1.54) is 26.3 Å². The van der Waals surface area contributed by atoms with Gasteiger partial charge in [0, 0.05) is 0 Å². The van der Waals surface area contributed by atoms with Crippen LogP contribution < -0.4 is 15.6 Å². The van der Waals surface area contributed by atoms with Crippen LogP contribution in [-0.4, -0.2) is 20.0 Å². The Morgan fingerprint density at radius 1 is 0.485 bits per heavy atom. The molecule has 0 saturated heterocycles. The highest BCUT2D eigenvalue weighted by atomic mass is 28.3. The smallest absolute Gasteiger partial charge is 0.155 e. The molecular weight excluding hydrogens is 420 g/mol. The molecule has 0 bridgehead atoms. The van der Waals surface area contributed by atoms with Crippen molar-refractivity contribution < 1.29 is 9.78 Å². The van der Waals surface area contributed by atoms with Crippen molar-refractivity contribution in [2.24, 2.45) is 0 Å². The van der Waals surface area contributed by atoms with E-state index in [2.05, 4.69) is 103 Å². The Hall–Kier alpha value is -2.72. The van der Waals surface area contributed by atoms with E-state index in [0.29, 0.717) is 0 Å². The molecule has 0 aliphatic heterocycles. The molecule has 0 fully saturated rings. The number of benzene rings is 4. The average Bonchev–Trinajstić information content (AvgIpc) is 2.79. The van der Waals surface area contributed by atoms with E-state index in [0.717, 1.165) is 0 Å². The Labute approximate surface area is 200 Å². The van der Waals surface area contributed by atoms with Crippen molar-refractivity contribution >= 4 is 35.1 Å². The maximum Gasteiger partial charge on any atom is 0.155 e. The lowest BCUT2D eigenvalue weighted by Crippen LogP contribution is -2.52. The molecule has 0 heterocycles. The zero-order valence-corrected chi connectivity index (χ0v) is 21.6. The van der Waals surface area contributed by atoms with E-state index in [1.807, 2.05) is 41.5 Å². The lowest BCUT2D eigenvalue weighted by atomic mass is 10.1. The highest BCUT2D eigenvalue weighted by Crippen LogP contribution is 2.15. The zero-order chi connectivity index (χ0) is 23.9. The highest BCUT2D eigenvalue weighted by Gasteiger charge is 2.21. The number of fused-ring (bicyclic) bond motifs is 1. The number of rotatable bonds is 4. The van der Waals surface area contributed by atoms with Gasteiger partial charge in [-0.15, -0.1) is 0 Å². The lowest BCUT2D eigenvalue weighted by Gasteiger charge is -2.24. The second-order valence-corrected chi connectivity index (χ2v) is 12.5. The van der Waals surface area contributed by atoms with Crippen LogP contribution in [0.2, 0.25) is 0 Å². The minimum Gasteiger partial charge on any atom is -0.230 e. The highest BCUT2D eigenvalue weighted by molar-refractivity contribution is 6.96. The second-order valence-electron chi connectivity index (χ2n) is 10.0. The van der Waals surface area contributed by atoms with Crippen LogP contribution >= 0.6 is 0 Å². The molecule has 3 heteroatoms. The van der Waals surface area contributed by atoms with Gasteiger partial charge in [0.15, 0.2) is 8.80 Å². The average molecular weight is 456 g/mol. The summed E-state index contributed by atoms with van der Waals surface area (Å²) in [7, 11) is -1.00. The SMILES string of the molecule is CC(C)(C)OOC(C)(C)C.c1ccc([Si](c2ccccc2)c2cccc3ccccc23)cc1. The van der Waals surface area contributed by atoms with Crippen LogP contribution in [0, 0.1) is 0 Å². The minimum atomic E-state index is -1.00. The number of hydrogen-bond donors (Lipinski definition) is 0. The van der Waals surface area contributed by atoms with Crippen LogP contribution in [0.3, 0.4) is 0 Å². The quantitative estimate of drug-likeness (QED) is 0.165. The molecule has 0 amide bonds. The summed E-state index contributed by atoms with van der Waals surface area (Å²) >= 11 is 0. The molecule has 4 aromatic rings. The molecule has 0 unspecified atom stereocenters. The molecule has 0 spiro atoms. The fraction of sp³-hybridized carbons (Fsp3) is 0.267. The maximum atomic E-state index is 5.09. The topological polar surface area (TPSA) is 18.5 Å². The first-order valence-corrected chi connectivity index (χ1v) is 13.0. The van der Waals surface area contributed by atoms with Crippen LogP contribution in [0.5, 0.6) is 0 Å². The van der Waals surface area contributed by atoms with Crippen LogP contribution in [-0.2, 0) is 9.78 Å². The van der Waals surface area contributed by atoms with Crippen LogP contribution in [0.25, 0.3) is 10.8 Å². The third-order valence-corrected chi connectivity index (χ3v) is 7.52. The summed E-state index contributed by atoms with van der Waals surface area (Å²) in [4.78, 5) is 10.2. The minimum absolute atomic E-state index is 0.215. The molecule has 1 radical (unpaired) electrons. The second kappa shape index (κ2) is 10.9. The van der Waals surface area contributed by atoms with Gasteiger partial charge < -0.3 is 0 Å². The van der Waals surface area contributed by atoms with E-state index in [9.17, 15) is 0 Å². The molecule has 0 aliphatic rings. The first-order chi connectivity index (χ1) is 15.6. The van der Waals surface area contributed by atoms with Gasteiger partial charge in [0.05, 0.1) is 11.2 Å². The van der Waals surface area contributed by atoms with Crippen molar-refractivity contribution in [3.63, 3.8) is 0 Å². The summed E-state index contributed by atoms with van der Waals surface area (Å²) in [6, 6.07) is 37.2. The summed E-state index contributed by atoms with van der Waals surface area (Å²) in [5, 5.41) is 7.02. The molecule has 0 aliphatic carbocycles. The molecular formula is C30H35O2Si. The van der Waals surface area contributed by atoms with Gasteiger partial charge in [-0.3, -0.25) is 0 Å². The predicted octanol–water partition coefficient (Wildman–Crippen LogP) is 5.89. The van der Waals surface area contributed by atoms with Crippen molar-refractivity contribution in [2.75, 3.05) is 0 Å². The van der Waals surface area contributed by atoms with Gasteiger partial charge in [0.1, 0.15) is 0 Å². The third kappa shape index (κ3) is 7.67. The summed E-state index contributed by atoms with van der Waals surface area (Å²) in [5.41, 5.74) is -0.430. The van der Waals surface area contributed by atoms with Crippen molar-refractivity contribution in [3.05, 3.63) is 103 Å². The molecule has 4 rings (SSSR count). The Balaban J connectivity index is 0.000000262. The normalized spacial score (nSPS) is 11.8. The van der Waals surface area contributed by atoms with Crippen LogP contribution in [0.1, 0.15) is 41.5 Å². The molecule has 0 N–H and O–H groups in total. The summed E-state index contributed by atoms with van der Waals surface area (Å²) in [6.45, 7) is 11.7. The van der Waals surface area contributed by atoms with Crippen LogP contribution in [0.4, 0.5) is 0 Å². The molecule has 0 aromatic heterocycles. The fourth-order valence-corrected chi connectivity index (χ4v) is 6.15. The van der Waals surface area contributed by atoms with Gasteiger partial charge in [-0.2, -0.15) is 0 Å². The van der Waals surface area contributed by atoms with Gasteiger partial charge in [-0.25, -0.2) is 9.78 Å². The van der Waals surface area contributed by atoms with Crippen LogP contribution in [0.15, 0.2) is 103 Å². The molecule has 4 aromatic carbocycles. The van der Waals surface area contributed by atoms with E-state index in [1.54, 1.807) is 0 Å². The Morgan fingerprint density at radius 2 is 0.909 bits per heavy atom. The maximum absolute atomic E-state index is 5.09. The first-order valence-electron chi connectivity index (χ1n) is 11.5. The monoisotopic (exact) mass is 455 g/mol. The largest absolute Gasteiger partial charge is 0.230 e. The van der Waals surface area contributed by atoms with Gasteiger partial charge >= 0.3 is 0 Å². The van der Waals surface area contributed by atoms with E-state index < -0.39 is 8.80 Å². The number of hydrogen-bond acceptors (Lipinski definition) is 2. The Morgan fingerprint density at radius 3 is 1.39 bits per heavy atom. The molecule has 171 valence electrons. The van der Waals surface area contributed by atoms with Gasteiger partial charge in [0.2, 0.25) is 0 Å². The van der Waals surface area contributed by atoms with E-state index >= 15 is 0 Å². The third-order valence-electron chi connectivity index (χ3n) is 4.73. The standard InChI is InChI=1S/C22H17Si.C8H18O2/c1-3-12-19(13-4-1)23(20-14-5-2-6-15-20)22-17-9-11-18-10-7-8-16-21(18)22;1-7(2,3)9-10-8(4,5)6/h1-17H;1-6H3. The molecule has 33 heavy (non-hydrogen) atoms. The van der Waals surface area contributed by atoms with Crippen molar-refractivity contribution in [1.29, 1.82) is 0 Å². The Bertz CT molecular complexity index is 1070. The fourth-order valence-electron chi connectivity index (χ4n) is 3.38. The van der Waals surface area contributed by atoms with Gasteiger partial charge in [-0.05, 0) is 57.5 Å². The van der Waals surface area contributed by atoms with Gasteiger partial charge in [0.25, 0.3) is 0 Å². The molecule has 0 atom stereocenters. The van der Waals surface area contributed by atoms with Crippen molar-refractivity contribution in [1.82, 2.24) is 0 Å². The zero-order valence-electron chi connectivity index (χ0n) is 20.6. The van der Waals surface area contributed by atoms with Crippen molar-refractivity contribution in [3.8, 4) is 0 Å².